The number of benzene rings is 2. The highest BCUT2D eigenvalue weighted by molar-refractivity contribution is 6.06. The lowest BCUT2D eigenvalue weighted by Crippen LogP contribution is -2.51. The van der Waals surface area contributed by atoms with Gasteiger partial charge in [-0.05, 0) is 76.2 Å². The summed E-state index contributed by atoms with van der Waals surface area (Å²) < 4.78 is 47.6. The first kappa shape index (κ1) is 33.3. The highest BCUT2D eigenvalue weighted by atomic mass is 19.4. The van der Waals surface area contributed by atoms with Crippen molar-refractivity contribution in [3.05, 3.63) is 59.3 Å². The van der Waals surface area contributed by atoms with Crippen molar-refractivity contribution in [3.63, 3.8) is 0 Å². The molecule has 0 atom stereocenters. The number of ether oxygens (including phenoxy) is 1. The maximum absolute atomic E-state index is 14.0. The zero-order chi connectivity index (χ0) is 34.2. The van der Waals surface area contributed by atoms with E-state index in [0.29, 0.717) is 48.9 Å². The van der Waals surface area contributed by atoms with E-state index in [2.05, 4.69) is 42.8 Å². The predicted molar refractivity (Wildman–Crippen MR) is 178 cm³/mol. The fraction of sp³-hybridized carbons (Fsp3) is 0.471. The first-order valence-corrected chi connectivity index (χ1v) is 16.1. The molecule has 3 aliphatic heterocycles. The average molecular weight is 667 g/mol. The van der Waals surface area contributed by atoms with Gasteiger partial charge in [-0.1, -0.05) is 12.1 Å². The van der Waals surface area contributed by atoms with Gasteiger partial charge in [-0.3, -0.25) is 9.59 Å². The molecule has 0 saturated carbocycles. The number of anilines is 5. The Hall–Kier alpha value is -4.59. The minimum Gasteiger partial charge on any atom is -0.494 e. The van der Waals surface area contributed by atoms with E-state index in [-0.39, 0.29) is 30.2 Å². The highest BCUT2D eigenvalue weighted by Gasteiger charge is 2.40. The normalized spacial score (nSPS) is 18.4. The Labute approximate surface area is 277 Å². The molecular formula is C34H41F3N8O3. The number of halogens is 3. The molecule has 6 rings (SSSR count). The van der Waals surface area contributed by atoms with Crippen molar-refractivity contribution < 1.29 is 27.5 Å². The smallest absolute Gasteiger partial charge is 0.421 e. The van der Waals surface area contributed by atoms with Gasteiger partial charge >= 0.3 is 6.18 Å². The zero-order valence-electron chi connectivity index (χ0n) is 27.6. The van der Waals surface area contributed by atoms with Gasteiger partial charge in [-0.15, -0.1) is 0 Å². The number of rotatable bonds is 8. The molecule has 48 heavy (non-hydrogen) atoms. The van der Waals surface area contributed by atoms with Gasteiger partial charge in [0, 0.05) is 62.3 Å². The number of nitrogens with one attached hydrogen (secondary N) is 3. The third-order valence-electron chi connectivity index (χ3n) is 9.59. The van der Waals surface area contributed by atoms with Gasteiger partial charge in [0.2, 0.25) is 17.8 Å². The van der Waals surface area contributed by atoms with Crippen LogP contribution < -0.4 is 25.6 Å². The summed E-state index contributed by atoms with van der Waals surface area (Å²) in [5.41, 5.74) is 1.61. The number of nitrogens with zero attached hydrogens (tertiary/aromatic N) is 5. The molecule has 3 aliphatic rings. The molecule has 256 valence electrons. The van der Waals surface area contributed by atoms with Crippen molar-refractivity contribution in [2.45, 2.75) is 44.8 Å². The third kappa shape index (κ3) is 6.71. The van der Waals surface area contributed by atoms with E-state index < -0.39 is 23.0 Å². The Morgan fingerprint density at radius 1 is 1.08 bits per heavy atom. The van der Waals surface area contributed by atoms with Crippen LogP contribution in [0.5, 0.6) is 5.75 Å². The molecule has 0 radical (unpaired) electrons. The third-order valence-corrected chi connectivity index (χ3v) is 9.59. The molecule has 0 aliphatic carbocycles. The van der Waals surface area contributed by atoms with Crippen LogP contribution in [0.15, 0.2) is 42.6 Å². The Balaban J connectivity index is 1.15. The number of piperidine rings is 1. The summed E-state index contributed by atoms with van der Waals surface area (Å²) in [6.45, 7) is 8.09. The number of carbonyl (C=O) groups is 2. The maximum Gasteiger partial charge on any atom is 0.421 e. The molecule has 2 fully saturated rings. The van der Waals surface area contributed by atoms with Gasteiger partial charge in [0.15, 0.2) is 0 Å². The predicted octanol–water partition coefficient (Wildman–Crippen LogP) is 5.08. The fourth-order valence-electron chi connectivity index (χ4n) is 6.74. The zero-order valence-corrected chi connectivity index (χ0v) is 27.6. The molecule has 3 aromatic rings. The fourth-order valence-corrected chi connectivity index (χ4v) is 6.74. The lowest BCUT2D eigenvalue weighted by atomic mass is 9.83. The second-order valence-corrected chi connectivity index (χ2v) is 13.1. The van der Waals surface area contributed by atoms with Crippen LogP contribution in [0.25, 0.3) is 0 Å². The van der Waals surface area contributed by atoms with Crippen molar-refractivity contribution in [1.29, 1.82) is 0 Å². The van der Waals surface area contributed by atoms with E-state index >= 15 is 0 Å². The van der Waals surface area contributed by atoms with Crippen molar-refractivity contribution in [1.82, 2.24) is 19.8 Å². The topological polar surface area (TPSA) is 115 Å². The number of hydrogen-bond acceptors (Lipinski definition) is 9. The van der Waals surface area contributed by atoms with E-state index in [9.17, 15) is 22.8 Å². The van der Waals surface area contributed by atoms with Gasteiger partial charge in [-0.25, -0.2) is 4.98 Å². The van der Waals surface area contributed by atoms with E-state index in [0.717, 1.165) is 43.4 Å². The summed E-state index contributed by atoms with van der Waals surface area (Å²) in [6.07, 6.45) is -2.16. The molecular weight excluding hydrogens is 625 g/mol. The highest BCUT2D eigenvalue weighted by Crippen LogP contribution is 2.41. The quantitative estimate of drug-likeness (QED) is 0.303. The molecule has 1 aromatic heterocycles. The number of hydrogen-bond donors (Lipinski definition) is 3. The molecule has 0 unspecified atom stereocenters. The monoisotopic (exact) mass is 666 g/mol. The van der Waals surface area contributed by atoms with E-state index in [1.54, 1.807) is 38.1 Å². The minimum atomic E-state index is -4.70. The summed E-state index contributed by atoms with van der Waals surface area (Å²) in [5.74, 6) is 0.192. The maximum atomic E-state index is 14.0. The van der Waals surface area contributed by atoms with Crippen LogP contribution in [-0.4, -0.2) is 85.0 Å². The van der Waals surface area contributed by atoms with E-state index in [1.165, 1.54) is 7.11 Å². The van der Waals surface area contributed by atoms with Gasteiger partial charge in [-0.2, -0.15) is 18.2 Å². The van der Waals surface area contributed by atoms with Crippen LogP contribution in [0.1, 0.15) is 43.4 Å². The Morgan fingerprint density at radius 2 is 1.81 bits per heavy atom. The first-order chi connectivity index (χ1) is 22.8. The molecule has 2 aromatic carbocycles. The van der Waals surface area contributed by atoms with Gasteiger partial charge in [0.1, 0.15) is 17.1 Å². The second-order valence-electron chi connectivity index (χ2n) is 13.1. The SMILES string of the molecule is COc1cc(N2CCN(C(=O)C3CCN(C)CC3)CC2)ccc1Nc1ncc(C(F)(F)F)c(NCc2cccc3c2C(C)(C)C(=O)N3)n1. The summed E-state index contributed by atoms with van der Waals surface area (Å²) in [5, 5.41) is 8.69. The number of likely N-dealkylation sites (tertiary alicyclic amines) is 1. The number of aromatic nitrogens is 2. The average Bonchev–Trinajstić information content (AvgIpc) is 3.31. The summed E-state index contributed by atoms with van der Waals surface area (Å²) >= 11 is 0. The van der Waals surface area contributed by atoms with Crippen LogP contribution in [0.3, 0.4) is 0 Å². The summed E-state index contributed by atoms with van der Waals surface area (Å²) in [4.78, 5) is 40.2. The largest absolute Gasteiger partial charge is 0.494 e. The second kappa shape index (κ2) is 13.1. The molecule has 0 spiro atoms. The molecule has 0 bridgehead atoms. The Bertz CT molecular complexity index is 1680. The van der Waals surface area contributed by atoms with Gasteiger partial charge in [0.25, 0.3) is 0 Å². The van der Waals surface area contributed by atoms with Gasteiger partial charge < -0.3 is 35.4 Å². The number of fused-ring (bicyclic) bond motifs is 1. The van der Waals surface area contributed by atoms with Crippen LogP contribution in [-0.2, 0) is 27.7 Å². The number of piperazine rings is 1. The molecule has 2 amide bonds. The number of methoxy groups -OCH3 is 1. The summed E-state index contributed by atoms with van der Waals surface area (Å²) in [7, 11) is 3.60. The van der Waals surface area contributed by atoms with E-state index in [4.69, 9.17) is 4.74 Å². The lowest BCUT2D eigenvalue weighted by Gasteiger charge is -2.39. The van der Waals surface area contributed by atoms with Crippen molar-refractivity contribution in [2.24, 2.45) is 5.92 Å². The van der Waals surface area contributed by atoms with Crippen molar-refractivity contribution >= 4 is 40.6 Å². The van der Waals surface area contributed by atoms with Crippen molar-refractivity contribution in [3.8, 4) is 5.75 Å². The molecule has 14 heteroatoms. The minimum absolute atomic E-state index is 0.00990. The Morgan fingerprint density at radius 3 is 2.50 bits per heavy atom. The van der Waals surface area contributed by atoms with Crippen LogP contribution in [0, 0.1) is 5.92 Å². The molecule has 3 N–H and O–H groups in total. The lowest BCUT2D eigenvalue weighted by molar-refractivity contribution is -0.138. The van der Waals surface area contributed by atoms with E-state index in [1.807, 2.05) is 17.0 Å². The first-order valence-electron chi connectivity index (χ1n) is 16.1. The van der Waals surface area contributed by atoms with Crippen molar-refractivity contribution in [2.75, 3.05) is 74.3 Å². The van der Waals surface area contributed by atoms with Crippen LogP contribution in [0.4, 0.5) is 42.0 Å². The number of amides is 2. The standard InChI is InChI=1S/C34H41F3N8O3/c1-33(2)28-22(6-5-7-26(28)40-31(33)47)19-38-29-24(34(35,36)37)20-39-32(42-29)41-25-9-8-23(18-27(25)48-4)44-14-16-45(17-15-44)30(46)21-10-12-43(3)13-11-21/h5-9,18,20-21H,10-17,19H2,1-4H3,(H,40,47)(H2,38,39,41,42). The Kier molecular flexibility index (Phi) is 9.12. The molecule has 4 heterocycles. The molecule has 11 nitrogen and oxygen atoms in total. The number of alkyl halides is 3. The summed E-state index contributed by atoms with van der Waals surface area (Å²) in [6, 6.07) is 10.8. The van der Waals surface area contributed by atoms with Gasteiger partial charge in [0.05, 0.1) is 18.2 Å². The van der Waals surface area contributed by atoms with Crippen LogP contribution >= 0.6 is 0 Å². The number of carbonyl (C=O) groups excluding carboxylic acids is 2. The van der Waals surface area contributed by atoms with Crippen LogP contribution in [0.2, 0.25) is 0 Å². The molecule has 2 saturated heterocycles.